The van der Waals surface area contributed by atoms with Gasteiger partial charge in [-0.3, -0.25) is 0 Å². The van der Waals surface area contributed by atoms with Gasteiger partial charge in [0.15, 0.2) is 0 Å². The molecule has 1 saturated heterocycles. The van der Waals surface area contributed by atoms with Crippen LogP contribution in [0.1, 0.15) is 44.6 Å². The first-order valence-corrected chi connectivity index (χ1v) is 9.39. The van der Waals surface area contributed by atoms with Crippen molar-refractivity contribution < 1.29 is 8.42 Å². The molecule has 1 aromatic rings. The molecule has 0 radical (unpaired) electrons. The summed E-state index contributed by atoms with van der Waals surface area (Å²) in [7, 11) is -3.36. The van der Waals surface area contributed by atoms with Crippen molar-refractivity contribution in [2.24, 2.45) is 0 Å². The standard InChI is InChI=1S/C16H26N2O2S/c1-2-11-17-14-15-9-5-6-10-16(15)21(19,20)18-12-7-3-4-8-13-18/h5-6,9-10,17H,2-4,7-8,11-14H2,1H3. The molecule has 4 nitrogen and oxygen atoms in total. The van der Waals surface area contributed by atoms with Gasteiger partial charge in [0.25, 0.3) is 0 Å². The van der Waals surface area contributed by atoms with Crippen molar-refractivity contribution in [2.75, 3.05) is 19.6 Å². The van der Waals surface area contributed by atoms with Crippen LogP contribution in [0.25, 0.3) is 0 Å². The molecule has 1 N–H and O–H groups in total. The van der Waals surface area contributed by atoms with Gasteiger partial charge >= 0.3 is 0 Å². The summed E-state index contributed by atoms with van der Waals surface area (Å²) in [5, 5.41) is 3.30. The van der Waals surface area contributed by atoms with Crippen LogP contribution in [0.2, 0.25) is 0 Å². The Kier molecular flexibility index (Phi) is 6.21. The summed E-state index contributed by atoms with van der Waals surface area (Å²) in [6, 6.07) is 7.37. The largest absolute Gasteiger partial charge is 0.313 e. The van der Waals surface area contributed by atoms with Crippen molar-refractivity contribution in [3.8, 4) is 0 Å². The minimum absolute atomic E-state index is 0.468. The zero-order chi connectivity index (χ0) is 15.1. The van der Waals surface area contributed by atoms with Crippen molar-refractivity contribution in [3.63, 3.8) is 0 Å². The number of nitrogens with one attached hydrogen (secondary N) is 1. The molecule has 0 saturated carbocycles. The van der Waals surface area contributed by atoms with Crippen molar-refractivity contribution >= 4 is 10.0 Å². The second-order valence-electron chi connectivity index (χ2n) is 5.60. The maximum atomic E-state index is 12.9. The van der Waals surface area contributed by atoms with Gasteiger partial charge in [-0.25, -0.2) is 8.42 Å². The highest BCUT2D eigenvalue weighted by Gasteiger charge is 2.26. The molecule has 1 fully saturated rings. The van der Waals surface area contributed by atoms with Gasteiger partial charge in [-0.05, 0) is 37.4 Å². The van der Waals surface area contributed by atoms with E-state index in [0.717, 1.165) is 44.2 Å². The molecule has 1 aromatic carbocycles. The second kappa shape index (κ2) is 7.92. The third kappa shape index (κ3) is 4.28. The quantitative estimate of drug-likeness (QED) is 0.822. The van der Waals surface area contributed by atoms with Gasteiger partial charge in [0, 0.05) is 19.6 Å². The number of hydrogen-bond acceptors (Lipinski definition) is 3. The highest BCUT2D eigenvalue weighted by molar-refractivity contribution is 7.89. The first-order valence-electron chi connectivity index (χ1n) is 7.95. The molecule has 0 amide bonds. The SMILES string of the molecule is CCCNCc1ccccc1S(=O)(=O)N1CCCCCC1. The summed E-state index contributed by atoms with van der Waals surface area (Å²) in [6.45, 7) is 4.92. The Morgan fingerprint density at radius 3 is 2.43 bits per heavy atom. The predicted molar refractivity (Wildman–Crippen MR) is 85.7 cm³/mol. The molecule has 118 valence electrons. The van der Waals surface area contributed by atoms with Crippen LogP contribution >= 0.6 is 0 Å². The molecule has 2 rings (SSSR count). The van der Waals surface area contributed by atoms with Gasteiger partial charge in [0.2, 0.25) is 10.0 Å². The van der Waals surface area contributed by atoms with Crippen molar-refractivity contribution in [3.05, 3.63) is 29.8 Å². The maximum absolute atomic E-state index is 12.9. The van der Waals surface area contributed by atoms with Gasteiger partial charge in [0.1, 0.15) is 0 Å². The summed E-state index contributed by atoms with van der Waals surface area (Å²) < 4.78 is 27.4. The Morgan fingerprint density at radius 2 is 1.76 bits per heavy atom. The Balaban J connectivity index is 2.22. The van der Waals surface area contributed by atoms with Gasteiger partial charge < -0.3 is 5.32 Å². The second-order valence-corrected chi connectivity index (χ2v) is 7.51. The van der Waals surface area contributed by atoms with Crippen LogP contribution in [0.3, 0.4) is 0 Å². The van der Waals surface area contributed by atoms with Crippen LogP contribution in [0.4, 0.5) is 0 Å². The predicted octanol–water partition coefficient (Wildman–Crippen LogP) is 2.75. The van der Waals surface area contributed by atoms with Crippen LogP contribution in [-0.4, -0.2) is 32.4 Å². The van der Waals surface area contributed by atoms with E-state index in [1.165, 1.54) is 0 Å². The Labute approximate surface area is 128 Å². The Bertz CT molecular complexity index is 535. The Hall–Kier alpha value is -0.910. The van der Waals surface area contributed by atoms with E-state index < -0.39 is 10.0 Å². The number of sulfonamides is 1. The van der Waals surface area contributed by atoms with Crippen molar-refractivity contribution in [2.45, 2.75) is 50.5 Å². The molecule has 1 aliphatic heterocycles. The summed E-state index contributed by atoms with van der Waals surface area (Å²) in [4.78, 5) is 0.468. The van der Waals surface area contributed by atoms with E-state index >= 15 is 0 Å². The molecule has 0 atom stereocenters. The third-order valence-corrected chi connectivity index (χ3v) is 5.90. The lowest BCUT2D eigenvalue weighted by molar-refractivity contribution is 0.423. The molecule has 1 heterocycles. The van der Waals surface area contributed by atoms with E-state index in [1.54, 1.807) is 10.4 Å². The monoisotopic (exact) mass is 310 g/mol. The highest BCUT2D eigenvalue weighted by atomic mass is 32.2. The number of hydrogen-bond donors (Lipinski definition) is 1. The first-order chi connectivity index (χ1) is 10.2. The first kappa shape index (κ1) is 16.5. The van der Waals surface area contributed by atoms with Crippen LogP contribution in [-0.2, 0) is 16.6 Å². The van der Waals surface area contributed by atoms with Crippen LogP contribution in [0, 0.1) is 0 Å². The minimum Gasteiger partial charge on any atom is -0.313 e. The molecule has 0 spiro atoms. The average Bonchev–Trinajstić information content (AvgIpc) is 2.77. The van der Waals surface area contributed by atoms with Gasteiger partial charge in [-0.1, -0.05) is 38.0 Å². The fraction of sp³-hybridized carbons (Fsp3) is 0.625. The smallest absolute Gasteiger partial charge is 0.243 e. The van der Waals surface area contributed by atoms with Gasteiger partial charge in [-0.15, -0.1) is 0 Å². The van der Waals surface area contributed by atoms with Gasteiger partial charge in [-0.2, -0.15) is 4.31 Å². The number of rotatable bonds is 6. The lowest BCUT2D eigenvalue weighted by atomic mass is 10.2. The summed E-state index contributed by atoms with van der Waals surface area (Å²) >= 11 is 0. The van der Waals surface area contributed by atoms with Crippen LogP contribution < -0.4 is 5.32 Å². The molecule has 21 heavy (non-hydrogen) atoms. The number of nitrogens with zero attached hydrogens (tertiary/aromatic N) is 1. The Morgan fingerprint density at radius 1 is 1.10 bits per heavy atom. The maximum Gasteiger partial charge on any atom is 0.243 e. The van der Waals surface area contributed by atoms with Crippen LogP contribution in [0.15, 0.2) is 29.2 Å². The van der Waals surface area contributed by atoms with Crippen LogP contribution in [0.5, 0.6) is 0 Å². The summed E-state index contributed by atoms with van der Waals surface area (Å²) in [5.74, 6) is 0. The van der Waals surface area contributed by atoms with E-state index in [4.69, 9.17) is 0 Å². The minimum atomic E-state index is -3.36. The molecular weight excluding hydrogens is 284 g/mol. The molecule has 0 bridgehead atoms. The van der Waals surface area contributed by atoms with E-state index in [0.29, 0.717) is 24.5 Å². The highest BCUT2D eigenvalue weighted by Crippen LogP contribution is 2.23. The molecule has 0 unspecified atom stereocenters. The lowest BCUT2D eigenvalue weighted by Crippen LogP contribution is -2.33. The summed E-state index contributed by atoms with van der Waals surface area (Å²) in [5.41, 5.74) is 0.871. The molecule has 1 aliphatic rings. The van der Waals surface area contributed by atoms with E-state index in [1.807, 2.05) is 18.2 Å². The molecule has 0 aromatic heterocycles. The topological polar surface area (TPSA) is 49.4 Å². The van der Waals surface area contributed by atoms with Gasteiger partial charge in [0.05, 0.1) is 4.90 Å². The fourth-order valence-corrected chi connectivity index (χ4v) is 4.46. The van der Waals surface area contributed by atoms with Crippen molar-refractivity contribution in [1.29, 1.82) is 0 Å². The zero-order valence-electron chi connectivity index (χ0n) is 12.8. The fourth-order valence-electron chi connectivity index (χ4n) is 2.72. The zero-order valence-corrected chi connectivity index (χ0v) is 13.7. The van der Waals surface area contributed by atoms with Crippen molar-refractivity contribution in [1.82, 2.24) is 9.62 Å². The molecular formula is C16H26N2O2S. The molecule has 5 heteroatoms. The van der Waals surface area contributed by atoms with E-state index in [-0.39, 0.29) is 0 Å². The van der Waals surface area contributed by atoms with E-state index in [2.05, 4.69) is 12.2 Å². The summed E-state index contributed by atoms with van der Waals surface area (Å²) in [6.07, 6.45) is 5.24. The third-order valence-electron chi connectivity index (χ3n) is 3.90. The molecule has 0 aliphatic carbocycles. The average molecular weight is 310 g/mol. The lowest BCUT2D eigenvalue weighted by Gasteiger charge is -2.21. The normalized spacial score (nSPS) is 17.6. The number of benzene rings is 1. The van der Waals surface area contributed by atoms with E-state index in [9.17, 15) is 8.42 Å².